The van der Waals surface area contributed by atoms with Gasteiger partial charge in [0.15, 0.2) is 0 Å². The fourth-order valence-corrected chi connectivity index (χ4v) is 26.6. The quantitative estimate of drug-likeness (QED) is 0.0837. The summed E-state index contributed by atoms with van der Waals surface area (Å²) >= 11 is 0. The number of unbranched alkanes of at least 4 members (excludes halogenated alkanes) is 8. The van der Waals surface area contributed by atoms with Crippen LogP contribution in [0.3, 0.4) is 0 Å². The molecule has 0 unspecified atom stereocenters. The molecule has 0 spiro atoms. The zero-order chi connectivity index (χ0) is 28.9. The van der Waals surface area contributed by atoms with Crippen molar-refractivity contribution in [2.45, 2.75) is 158 Å². The average Bonchev–Trinajstić information content (AvgIpc) is 2.93. The molecule has 0 aliphatic carbocycles. The zero-order valence-electron chi connectivity index (χ0n) is 28.1. The van der Waals surface area contributed by atoms with Crippen LogP contribution in [0.25, 0.3) is 0 Å². The molecule has 0 saturated carbocycles. The van der Waals surface area contributed by atoms with Gasteiger partial charge in [-0.05, 0) is 0 Å². The van der Waals surface area contributed by atoms with Crippen molar-refractivity contribution < 1.29 is 8.62 Å². The van der Waals surface area contributed by atoms with Crippen molar-refractivity contribution in [1.29, 1.82) is 0 Å². The van der Waals surface area contributed by atoms with E-state index in [1.54, 1.807) is 0 Å². The molecular weight excluding hydrogens is 521 g/mol. The summed E-state index contributed by atoms with van der Waals surface area (Å²) in [6.45, 7) is 16.8. The summed E-state index contributed by atoms with van der Waals surface area (Å²) in [7, 11) is -0.870. The van der Waals surface area contributed by atoms with Gasteiger partial charge in [-0.3, -0.25) is 0 Å². The topological polar surface area (TPSA) is 18.5 Å². The predicted octanol–water partition coefficient (Wildman–Crippen LogP) is 13.3. The Hall–Kier alpha value is 1.21. The summed E-state index contributed by atoms with van der Waals surface area (Å²) in [5.41, 5.74) is 0. The van der Waals surface area contributed by atoms with Crippen LogP contribution in [0.2, 0.25) is 0 Å². The first-order valence-corrected chi connectivity index (χ1v) is 24.8. The van der Waals surface area contributed by atoms with Gasteiger partial charge in [-0.1, -0.05) is 0 Å². The van der Waals surface area contributed by atoms with E-state index in [0.717, 1.165) is 0 Å². The van der Waals surface area contributed by atoms with E-state index in [0.29, 0.717) is 0 Å². The standard InChI is InChI=1S/C33H75O2P3/c1-10-18-26-37(27-19-11-2,28-20-12-3,29-21-13-4)34-36(9)35-38(30-22-14-5,31-23-15-6,32-24-16-7)33-25-17-8/h10-33H2,1-9H3. The van der Waals surface area contributed by atoms with Gasteiger partial charge in [-0.15, -0.1) is 0 Å². The Morgan fingerprint density at radius 1 is 0.342 bits per heavy atom. The maximum absolute atomic E-state index is 7.84. The van der Waals surface area contributed by atoms with Crippen LogP contribution in [0, 0.1) is 0 Å². The minimum atomic E-state index is -2.33. The van der Waals surface area contributed by atoms with Gasteiger partial charge in [-0.2, -0.15) is 0 Å². The Bertz CT molecular complexity index is 433. The summed E-state index contributed by atoms with van der Waals surface area (Å²) in [5, 5.41) is 0. The van der Waals surface area contributed by atoms with Crippen molar-refractivity contribution >= 4 is 22.0 Å². The fraction of sp³-hybridized carbons (Fsp3) is 1.00. The monoisotopic (exact) mass is 596 g/mol. The molecule has 5 heteroatoms. The average molecular weight is 597 g/mol. The van der Waals surface area contributed by atoms with E-state index in [4.69, 9.17) is 8.62 Å². The van der Waals surface area contributed by atoms with Gasteiger partial charge in [-0.25, -0.2) is 0 Å². The number of hydrogen-bond donors (Lipinski definition) is 0. The normalized spacial score (nSPS) is 15.6. The zero-order valence-corrected chi connectivity index (χ0v) is 30.8. The molecule has 0 amide bonds. The third-order valence-electron chi connectivity index (χ3n) is 9.31. The molecule has 0 N–H and O–H groups in total. The van der Waals surface area contributed by atoms with Gasteiger partial charge in [0.25, 0.3) is 0 Å². The van der Waals surface area contributed by atoms with E-state index >= 15 is 0 Å². The van der Waals surface area contributed by atoms with Crippen molar-refractivity contribution in [3.05, 3.63) is 0 Å². The Morgan fingerprint density at radius 2 is 0.500 bits per heavy atom. The second kappa shape index (κ2) is 21.0. The molecule has 0 aromatic carbocycles. The molecule has 234 valence electrons. The Kier molecular flexibility index (Phi) is 21.7. The van der Waals surface area contributed by atoms with E-state index in [2.05, 4.69) is 62.1 Å². The molecule has 2 nitrogen and oxygen atoms in total. The van der Waals surface area contributed by atoms with Gasteiger partial charge in [0.1, 0.15) is 0 Å². The summed E-state index contributed by atoms with van der Waals surface area (Å²) in [4.78, 5) is 0. The molecule has 0 saturated heterocycles. The van der Waals surface area contributed by atoms with Crippen LogP contribution in [-0.2, 0) is 8.62 Å². The number of rotatable bonds is 28. The number of hydrogen-bond acceptors (Lipinski definition) is 2. The molecule has 0 bridgehead atoms. The molecule has 0 aliphatic rings. The van der Waals surface area contributed by atoms with E-state index in [-0.39, 0.29) is 0 Å². The third-order valence-corrected chi connectivity index (χ3v) is 26.4. The van der Waals surface area contributed by atoms with Crippen molar-refractivity contribution in [1.82, 2.24) is 0 Å². The molecular formula is C33H75O2P3. The molecule has 0 atom stereocenters. The predicted molar refractivity (Wildman–Crippen MR) is 187 cm³/mol. The van der Waals surface area contributed by atoms with Gasteiger partial charge < -0.3 is 0 Å². The minimum absolute atomic E-state index is 0.870. The van der Waals surface area contributed by atoms with Crippen LogP contribution >= 0.6 is 22.0 Å². The van der Waals surface area contributed by atoms with Crippen molar-refractivity contribution in [2.75, 3.05) is 56.0 Å². The summed E-state index contributed by atoms with van der Waals surface area (Å²) in [6.07, 6.45) is 31.7. The molecule has 0 aromatic heterocycles. The van der Waals surface area contributed by atoms with Crippen molar-refractivity contribution in [2.24, 2.45) is 0 Å². The first-order valence-electron chi connectivity index (χ1n) is 17.4. The first-order chi connectivity index (χ1) is 18.2. The van der Waals surface area contributed by atoms with Crippen LogP contribution < -0.4 is 0 Å². The van der Waals surface area contributed by atoms with Crippen molar-refractivity contribution in [3.63, 3.8) is 0 Å². The van der Waals surface area contributed by atoms with Gasteiger partial charge in [0.2, 0.25) is 0 Å². The second-order valence-corrected chi connectivity index (χ2v) is 26.1. The fourth-order valence-electron chi connectivity index (χ4n) is 6.80. The van der Waals surface area contributed by atoms with Crippen LogP contribution in [0.4, 0.5) is 0 Å². The second-order valence-electron chi connectivity index (χ2n) is 12.9. The summed E-state index contributed by atoms with van der Waals surface area (Å²) < 4.78 is 15.7. The van der Waals surface area contributed by atoms with E-state index in [1.807, 2.05) is 0 Å². The third kappa shape index (κ3) is 13.0. The molecule has 0 heterocycles. The van der Waals surface area contributed by atoms with E-state index < -0.39 is 22.0 Å². The molecule has 0 radical (unpaired) electrons. The van der Waals surface area contributed by atoms with Crippen LogP contribution in [0.5, 0.6) is 0 Å². The van der Waals surface area contributed by atoms with Gasteiger partial charge in [0.05, 0.1) is 0 Å². The van der Waals surface area contributed by atoms with Gasteiger partial charge in [0, 0.05) is 0 Å². The molecule has 0 fully saturated rings. The van der Waals surface area contributed by atoms with E-state index in [1.165, 1.54) is 152 Å². The van der Waals surface area contributed by atoms with Crippen LogP contribution in [0.15, 0.2) is 0 Å². The Balaban J connectivity index is 6.73. The van der Waals surface area contributed by atoms with Crippen molar-refractivity contribution in [3.8, 4) is 0 Å². The molecule has 0 aromatic rings. The molecule has 0 aliphatic heterocycles. The first kappa shape index (κ1) is 39.2. The summed E-state index contributed by atoms with van der Waals surface area (Å²) in [5.74, 6) is 0. The van der Waals surface area contributed by atoms with Crippen LogP contribution in [0.1, 0.15) is 158 Å². The Labute approximate surface area is 244 Å². The molecule has 38 heavy (non-hydrogen) atoms. The summed E-state index contributed by atoms with van der Waals surface area (Å²) in [6, 6.07) is 0. The van der Waals surface area contributed by atoms with Gasteiger partial charge >= 0.3 is 245 Å². The molecule has 0 rings (SSSR count). The SMILES string of the molecule is CCCCP(CCCC)(CCCC)(CCCC)OP(C)OP(CCCC)(CCCC)(CCCC)CCCC. The van der Waals surface area contributed by atoms with Crippen LogP contribution in [-0.4, -0.2) is 56.0 Å². The Morgan fingerprint density at radius 3 is 0.632 bits per heavy atom. The maximum atomic E-state index is 7.84. The van der Waals surface area contributed by atoms with E-state index in [9.17, 15) is 0 Å².